The van der Waals surface area contributed by atoms with Crippen molar-refractivity contribution >= 4 is 46.5 Å². The predicted molar refractivity (Wildman–Crippen MR) is 197 cm³/mol. The third-order valence-electron chi connectivity index (χ3n) is 10.8. The number of fused-ring (bicyclic) bond motifs is 2. The summed E-state index contributed by atoms with van der Waals surface area (Å²) in [6.45, 7) is 8.44. The number of para-hydroxylation sites is 1. The van der Waals surface area contributed by atoms with E-state index in [1.807, 2.05) is 110 Å². The van der Waals surface area contributed by atoms with Gasteiger partial charge in [-0.25, -0.2) is 0 Å². The molecule has 7 rings (SSSR count). The maximum Gasteiger partial charge on any atom is 0.251 e. The van der Waals surface area contributed by atoms with Crippen molar-refractivity contribution in [3.8, 4) is 0 Å². The number of aliphatic hydroxyl groups excluding tert-OH is 1. The summed E-state index contributed by atoms with van der Waals surface area (Å²) in [5, 5.41) is 10.9. The van der Waals surface area contributed by atoms with Gasteiger partial charge in [0.05, 0.1) is 29.2 Å². The number of carbonyl (C=O) groups excluding carboxylic acids is 3. The van der Waals surface area contributed by atoms with Crippen molar-refractivity contribution in [2.75, 3.05) is 47.5 Å². The molecule has 0 saturated carbocycles. The molecule has 0 radical (unpaired) electrons. The summed E-state index contributed by atoms with van der Waals surface area (Å²) in [6.07, 6.45) is 8.51. The number of anilines is 3. The Kier molecular flexibility index (Phi) is 8.92. The van der Waals surface area contributed by atoms with E-state index in [0.29, 0.717) is 19.5 Å². The normalized spacial score (nSPS) is 28.2. The minimum Gasteiger partial charge on any atom is -0.394 e. The fraction of sp³-hybridized carbons (Fsp3) is 0.375. The predicted octanol–water partition coefficient (Wildman–Crippen LogP) is 5.33. The summed E-state index contributed by atoms with van der Waals surface area (Å²) in [5.41, 5.74) is 3.56. The topological polar surface area (TPSA) is 84.4 Å². The first kappa shape index (κ1) is 33.2. The van der Waals surface area contributed by atoms with Crippen LogP contribution in [0, 0.1) is 11.8 Å². The highest BCUT2D eigenvalue weighted by atomic mass is 32.2. The number of benzene rings is 3. The number of likely N-dealkylation sites (tertiary alicyclic amines) is 1. The van der Waals surface area contributed by atoms with Gasteiger partial charge in [0.25, 0.3) is 5.91 Å². The van der Waals surface area contributed by atoms with Crippen molar-refractivity contribution in [1.82, 2.24) is 4.90 Å². The van der Waals surface area contributed by atoms with E-state index in [4.69, 9.17) is 0 Å². The molecule has 4 heterocycles. The SMILES string of the molecule is CCN(CC)c1ccc(N2CC=C[C@]34S[C@]5(C)C=CCN(c6ccccc6)C(=O)[C@@H]5[C@H]3C(=O)N([C@@H](CO)Cc3ccccc3)C4C2=O)cc1. The van der Waals surface area contributed by atoms with Crippen LogP contribution in [0.3, 0.4) is 0 Å². The third-order valence-corrected chi connectivity index (χ3v) is 12.6. The van der Waals surface area contributed by atoms with Crippen LogP contribution >= 0.6 is 11.8 Å². The molecular weight excluding hydrogens is 633 g/mol. The lowest BCUT2D eigenvalue weighted by Gasteiger charge is -2.40. The Morgan fingerprint density at radius 1 is 0.776 bits per heavy atom. The molecule has 1 spiro atoms. The van der Waals surface area contributed by atoms with E-state index in [2.05, 4.69) is 24.8 Å². The highest BCUT2D eigenvalue weighted by Crippen LogP contribution is 2.66. The van der Waals surface area contributed by atoms with E-state index in [1.165, 1.54) is 0 Å². The zero-order chi connectivity index (χ0) is 34.3. The van der Waals surface area contributed by atoms with Gasteiger partial charge in [-0.1, -0.05) is 72.8 Å². The number of hydrogen-bond acceptors (Lipinski definition) is 6. The van der Waals surface area contributed by atoms with Crippen LogP contribution in [0.5, 0.6) is 0 Å². The Balaban J connectivity index is 1.34. The van der Waals surface area contributed by atoms with Gasteiger partial charge >= 0.3 is 0 Å². The molecule has 1 unspecified atom stereocenters. The third kappa shape index (κ3) is 5.47. The first-order chi connectivity index (χ1) is 23.8. The van der Waals surface area contributed by atoms with Gasteiger partial charge in [0.2, 0.25) is 11.8 Å². The average molecular weight is 677 g/mol. The van der Waals surface area contributed by atoms with Crippen molar-refractivity contribution < 1.29 is 19.5 Å². The molecule has 3 aromatic carbocycles. The van der Waals surface area contributed by atoms with Crippen molar-refractivity contribution in [3.63, 3.8) is 0 Å². The van der Waals surface area contributed by atoms with Crippen LogP contribution in [0.4, 0.5) is 17.1 Å². The first-order valence-electron chi connectivity index (χ1n) is 17.3. The van der Waals surface area contributed by atoms with Gasteiger partial charge in [-0.3, -0.25) is 14.4 Å². The maximum absolute atomic E-state index is 15.1. The second-order valence-corrected chi connectivity index (χ2v) is 15.3. The van der Waals surface area contributed by atoms with Crippen LogP contribution in [0.1, 0.15) is 26.3 Å². The van der Waals surface area contributed by atoms with E-state index in [0.717, 1.165) is 35.7 Å². The Morgan fingerprint density at radius 2 is 1.37 bits per heavy atom. The molecule has 4 aliphatic heterocycles. The standard InChI is InChI=1S/C40H44N4O4S/c1-4-41(5-2)29-18-20-31(21-19-29)43-25-13-23-40-34(33-36(46)42(30-16-10-7-11-17-30)24-12-22-39(33,3)49-40)37(47)44(35(40)38(43)48)32(27-45)26-28-14-8-6-9-15-28/h6-23,32-35,45H,4-5,24-27H2,1-3H3/t32-,33+,34+,35?,39-,40+/m1/s1. The van der Waals surface area contributed by atoms with Gasteiger partial charge in [-0.15, -0.1) is 11.8 Å². The number of nitrogens with zero attached hydrogens (tertiary/aromatic N) is 4. The molecule has 0 aromatic heterocycles. The zero-order valence-electron chi connectivity index (χ0n) is 28.3. The van der Waals surface area contributed by atoms with Crippen LogP contribution in [0.25, 0.3) is 0 Å². The molecule has 0 aliphatic carbocycles. The summed E-state index contributed by atoms with van der Waals surface area (Å²) in [6, 6.07) is 25.8. The molecule has 49 heavy (non-hydrogen) atoms. The van der Waals surface area contributed by atoms with Crippen LogP contribution in [0.2, 0.25) is 0 Å². The molecule has 3 aromatic rings. The largest absolute Gasteiger partial charge is 0.394 e. The van der Waals surface area contributed by atoms with Crippen molar-refractivity contribution in [3.05, 3.63) is 115 Å². The molecule has 6 atom stereocenters. The van der Waals surface area contributed by atoms with Gasteiger partial charge < -0.3 is 24.7 Å². The first-order valence-corrected chi connectivity index (χ1v) is 18.1. The molecule has 0 bridgehead atoms. The van der Waals surface area contributed by atoms with Crippen LogP contribution < -0.4 is 14.7 Å². The van der Waals surface area contributed by atoms with Crippen molar-refractivity contribution in [1.29, 1.82) is 0 Å². The van der Waals surface area contributed by atoms with Crippen LogP contribution in [0.15, 0.2) is 109 Å². The van der Waals surface area contributed by atoms with E-state index in [-0.39, 0.29) is 24.3 Å². The quantitative estimate of drug-likeness (QED) is 0.309. The van der Waals surface area contributed by atoms with Gasteiger partial charge in [0, 0.05) is 48.0 Å². The summed E-state index contributed by atoms with van der Waals surface area (Å²) in [4.78, 5) is 52.4. The van der Waals surface area contributed by atoms with Gasteiger partial charge in [-0.05, 0) is 69.2 Å². The van der Waals surface area contributed by atoms with E-state index < -0.39 is 33.4 Å². The summed E-state index contributed by atoms with van der Waals surface area (Å²) in [7, 11) is 0. The smallest absolute Gasteiger partial charge is 0.251 e. The van der Waals surface area contributed by atoms with E-state index in [1.54, 1.807) is 26.5 Å². The lowest BCUT2D eigenvalue weighted by molar-refractivity contribution is -0.142. The van der Waals surface area contributed by atoms with Gasteiger partial charge in [0.1, 0.15) is 6.04 Å². The molecule has 8 nitrogen and oxygen atoms in total. The monoisotopic (exact) mass is 676 g/mol. The molecular formula is C40H44N4O4S. The number of aliphatic hydroxyl groups is 1. The Hall–Kier alpha value is -4.34. The number of carbonyl (C=O) groups is 3. The minimum atomic E-state index is -1.02. The van der Waals surface area contributed by atoms with Crippen molar-refractivity contribution in [2.24, 2.45) is 11.8 Å². The Labute approximate surface area is 293 Å². The summed E-state index contributed by atoms with van der Waals surface area (Å²) >= 11 is 1.56. The molecule has 2 saturated heterocycles. The van der Waals surface area contributed by atoms with Gasteiger partial charge in [-0.2, -0.15) is 0 Å². The number of hydrogen-bond donors (Lipinski definition) is 1. The zero-order valence-corrected chi connectivity index (χ0v) is 29.1. The second-order valence-electron chi connectivity index (χ2n) is 13.5. The Morgan fingerprint density at radius 3 is 2.00 bits per heavy atom. The van der Waals surface area contributed by atoms with E-state index >= 15 is 9.59 Å². The maximum atomic E-state index is 15.1. The summed E-state index contributed by atoms with van der Waals surface area (Å²) in [5.74, 6) is -2.10. The molecule has 2 fully saturated rings. The second kappa shape index (κ2) is 13.2. The fourth-order valence-electron chi connectivity index (χ4n) is 8.50. The Bertz CT molecular complexity index is 1760. The van der Waals surface area contributed by atoms with Crippen LogP contribution in [-0.2, 0) is 20.8 Å². The molecule has 1 N–H and O–H groups in total. The minimum absolute atomic E-state index is 0.125. The highest BCUT2D eigenvalue weighted by Gasteiger charge is 2.74. The number of amides is 3. The molecule has 9 heteroatoms. The average Bonchev–Trinajstić information content (AvgIpc) is 3.40. The number of thioether (sulfide) groups is 1. The highest BCUT2D eigenvalue weighted by molar-refractivity contribution is 8.02. The van der Waals surface area contributed by atoms with E-state index in [9.17, 15) is 9.90 Å². The molecule has 4 aliphatic rings. The van der Waals surface area contributed by atoms with Crippen LogP contribution in [-0.4, -0.2) is 82.1 Å². The fourth-order valence-corrected chi connectivity index (χ4v) is 10.6. The lowest BCUT2D eigenvalue weighted by Crippen LogP contribution is -2.57. The number of rotatable bonds is 9. The molecule has 254 valence electrons. The lowest BCUT2D eigenvalue weighted by atomic mass is 9.74. The van der Waals surface area contributed by atoms with Gasteiger partial charge in [0.15, 0.2) is 0 Å². The molecule has 3 amide bonds. The summed E-state index contributed by atoms with van der Waals surface area (Å²) < 4.78 is -1.75. The van der Waals surface area contributed by atoms with Crippen molar-refractivity contribution in [2.45, 2.75) is 48.8 Å².